The van der Waals surface area contributed by atoms with Crippen molar-refractivity contribution < 1.29 is 14.6 Å². The molecule has 1 saturated heterocycles. The molecule has 0 aliphatic carbocycles. The number of aliphatic hydroxyl groups is 1. The van der Waals surface area contributed by atoms with E-state index < -0.39 is 11.2 Å². The summed E-state index contributed by atoms with van der Waals surface area (Å²) >= 11 is 1.29. The zero-order valence-electron chi connectivity index (χ0n) is 12.0. The number of hydrogen-bond acceptors (Lipinski definition) is 5. The molecule has 2 rings (SSSR count). The van der Waals surface area contributed by atoms with Crippen LogP contribution in [0.15, 0.2) is 6.20 Å². The first-order chi connectivity index (χ1) is 9.20. The molecular formula is C13H19BN2O3S. The number of ether oxygens (including phenoxy) is 1. The molecule has 0 saturated carbocycles. The second kappa shape index (κ2) is 5.37. The smallest absolute Gasteiger partial charge is 0.410 e. The Morgan fingerprint density at radius 3 is 2.55 bits per heavy atom. The largest absolute Gasteiger partial charge is 0.444 e. The summed E-state index contributed by atoms with van der Waals surface area (Å²) in [7, 11) is 5.65. The highest BCUT2D eigenvalue weighted by Gasteiger charge is 2.38. The van der Waals surface area contributed by atoms with Crippen molar-refractivity contribution in [2.45, 2.75) is 44.8 Å². The summed E-state index contributed by atoms with van der Waals surface area (Å²) in [4.78, 5) is 17.7. The highest BCUT2D eigenvalue weighted by Crippen LogP contribution is 2.33. The summed E-state index contributed by atoms with van der Waals surface area (Å²) in [6, 6.07) is 0. The lowest BCUT2D eigenvalue weighted by atomic mass is 9.92. The van der Waals surface area contributed by atoms with Gasteiger partial charge in [0.15, 0.2) is 0 Å². The molecule has 1 aliphatic rings. The van der Waals surface area contributed by atoms with Crippen molar-refractivity contribution in [2.24, 2.45) is 0 Å². The van der Waals surface area contributed by atoms with E-state index in [0.29, 0.717) is 35.7 Å². The maximum Gasteiger partial charge on any atom is 0.410 e. The standard InChI is InChI=1S/C13H19BN2O3S/c1-12(2,3)19-11(17)16-6-4-13(18,5-7-16)10-15-8-9(14)20-10/h8,18H,4-7H2,1-3H3. The molecule has 7 heteroatoms. The summed E-state index contributed by atoms with van der Waals surface area (Å²) in [5, 5.41) is 11.2. The predicted octanol–water partition coefficient (Wildman–Crippen LogP) is 1.16. The van der Waals surface area contributed by atoms with Crippen LogP contribution in [0.1, 0.15) is 38.6 Å². The predicted molar refractivity (Wildman–Crippen MR) is 78.4 cm³/mol. The zero-order valence-corrected chi connectivity index (χ0v) is 12.9. The first kappa shape index (κ1) is 15.3. The summed E-state index contributed by atoms with van der Waals surface area (Å²) in [6.45, 7) is 6.41. The minimum absolute atomic E-state index is 0.335. The number of piperidine rings is 1. The van der Waals surface area contributed by atoms with E-state index in [1.165, 1.54) is 11.3 Å². The molecule has 0 atom stereocenters. The Hall–Kier alpha value is -1.08. The van der Waals surface area contributed by atoms with E-state index in [0.717, 1.165) is 0 Å². The molecule has 0 spiro atoms. The summed E-state index contributed by atoms with van der Waals surface area (Å²) < 4.78 is 5.91. The fraction of sp³-hybridized carbons (Fsp3) is 0.692. The third-order valence-corrected chi connectivity index (χ3v) is 4.18. The van der Waals surface area contributed by atoms with Crippen molar-refractivity contribution >= 4 is 30.1 Å². The van der Waals surface area contributed by atoms with Crippen molar-refractivity contribution in [3.63, 3.8) is 0 Å². The van der Waals surface area contributed by atoms with Crippen LogP contribution in [0.4, 0.5) is 4.79 Å². The second-order valence-corrected chi connectivity index (χ2v) is 7.13. The van der Waals surface area contributed by atoms with Crippen LogP contribution in [-0.2, 0) is 10.3 Å². The molecule has 2 heterocycles. The molecule has 1 fully saturated rings. The topological polar surface area (TPSA) is 62.7 Å². The van der Waals surface area contributed by atoms with E-state index in [1.807, 2.05) is 20.8 Å². The first-order valence-electron chi connectivity index (χ1n) is 6.62. The van der Waals surface area contributed by atoms with Crippen molar-refractivity contribution in [2.75, 3.05) is 13.1 Å². The van der Waals surface area contributed by atoms with Crippen LogP contribution in [0.25, 0.3) is 0 Å². The van der Waals surface area contributed by atoms with Crippen LogP contribution in [0, 0.1) is 0 Å². The Morgan fingerprint density at radius 1 is 1.50 bits per heavy atom. The maximum atomic E-state index is 12.0. The molecule has 1 amide bonds. The number of aromatic nitrogens is 1. The molecule has 0 aromatic carbocycles. The minimum atomic E-state index is -0.985. The highest BCUT2D eigenvalue weighted by atomic mass is 32.1. The van der Waals surface area contributed by atoms with Gasteiger partial charge >= 0.3 is 6.09 Å². The van der Waals surface area contributed by atoms with Gasteiger partial charge in [-0.25, -0.2) is 9.78 Å². The van der Waals surface area contributed by atoms with Crippen LogP contribution in [0.5, 0.6) is 0 Å². The molecule has 5 nitrogen and oxygen atoms in total. The van der Waals surface area contributed by atoms with Gasteiger partial charge in [0.05, 0.1) is 0 Å². The average molecular weight is 294 g/mol. The van der Waals surface area contributed by atoms with E-state index in [2.05, 4.69) is 4.98 Å². The van der Waals surface area contributed by atoms with Crippen molar-refractivity contribution in [1.82, 2.24) is 9.88 Å². The van der Waals surface area contributed by atoms with Gasteiger partial charge in [0.1, 0.15) is 24.1 Å². The van der Waals surface area contributed by atoms with Crippen LogP contribution in [0.3, 0.4) is 0 Å². The van der Waals surface area contributed by atoms with Crippen LogP contribution < -0.4 is 4.78 Å². The van der Waals surface area contributed by atoms with E-state index in [1.54, 1.807) is 11.1 Å². The molecule has 2 radical (unpaired) electrons. The van der Waals surface area contributed by atoms with Crippen molar-refractivity contribution in [3.05, 3.63) is 11.2 Å². The Balaban J connectivity index is 1.97. The van der Waals surface area contributed by atoms with Crippen molar-refractivity contribution in [1.29, 1.82) is 0 Å². The monoisotopic (exact) mass is 294 g/mol. The van der Waals surface area contributed by atoms with Crippen LogP contribution >= 0.6 is 11.3 Å². The van der Waals surface area contributed by atoms with Crippen LogP contribution in [0.2, 0.25) is 0 Å². The normalized spacial score (nSPS) is 18.9. The molecule has 1 aliphatic heterocycles. The lowest BCUT2D eigenvalue weighted by molar-refractivity contribution is -0.0357. The van der Waals surface area contributed by atoms with Gasteiger partial charge in [0, 0.05) is 32.1 Å². The molecular weight excluding hydrogens is 275 g/mol. The van der Waals surface area contributed by atoms with Gasteiger partial charge in [-0.05, 0) is 25.5 Å². The van der Waals surface area contributed by atoms with E-state index >= 15 is 0 Å². The summed E-state index contributed by atoms with van der Waals surface area (Å²) in [5.74, 6) is 0. The third-order valence-electron chi connectivity index (χ3n) is 3.16. The van der Waals surface area contributed by atoms with Gasteiger partial charge in [-0.3, -0.25) is 0 Å². The third kappa shape index (κ3) is 3.52. The first-order valence-corrected chi connectivity index (χ1v) is 7.43. The lowest BCUT2D eigenvalue weighted by Gasteiger charge is -2.37. The molecule has 108 valence electrons. The number of amides is 1. The fourth-order valence-corrected chi connectivity index (χ4v) is 2.93. The Morgan fingerprint density at radius 2 is 2.10 bits per heavy atom. The summed E-state index contributed by atoms with van der Waals surface area (Å²) in [5.41, 5.74) is -1.49. The lowest BCUT2D eigenvalue weighted by Crippen LogP contribution is -2.46. The average Bonchev–Trinajstić information content (AvgIpc) is 2.75. The van der Waals surface area contributed by atoms with E-state index in [9.17, 15) is 9.90 Å². The molecule has 0 bridgehead atoms. The van der Waals surface area contributed by atoms with Gasteiger partial charge in [-0.1, -0.05) is 0 Å². The van der Waals surface area contributed by atoms with Crippen LogP contribution in [-0.4, -0.2) is 47.6 Å². The quantitative estimate of drug-likeness (QED) is 0.789. The number of carbonyl (C=O) groups excluding carboxylic acids is 1. The number of carbonyl (C=O) groups is 1. The van der Waals surface area contributed by atoms with E-state index in [-0.39, 0.29) is 6.09 Å². The summed E-state index contributed by atoms with van der Waals surface area (Å²) in [6.07, 6.45) is 2.11. The molecule has 1 N–H and O–H groups in total. The number of likely N-dealkylation sites (tertiary alicyclic amines) is 1. The highest BCUT2D eigenvalue weighted by molar-refractivity contribution is 7.19. The number of thiazole rings is 1. The molecule has 1 aromatic heterocycles. The molecule has 0 unspecified atom stereocenters. The zero-order chi connectivity index (χ0) is 15.0. The molecule has 20 heavy (non-hydrogen) atoms. The Kier molecular flexibility index (Phi) is 4.11. The van der Waals surface area contributed by atoms with Gasteiger partial charge in [-0.2, -0.15) is 0 Å². The minimum Gasteiger partial charge on any atom is -0.444 e. The fourth-order valence-electron chi connectivity index (χ4n) is 2.10. The van der Waals surface area contributed by atoms with E-state index in [4.69, 9.17) is 12.6 Å². The SMILES string of the molecule is [B]c1cnc(C2(O)CCN(C(=O)OC(C)(C)C)CC2)s1. The van der Waals surface area contributed by atoms with Gasteiger partial charge in [-0.15, -0.1) is 11.3 Å². The number of hydrogen-bond donors (Lipinski definition) is 1. The maximum absolute atomic E-state index is 12.0. The molecule has 1 aromatic rings. The van der Waals surface area contributed by atoms with Gasteiger partial charge in [0.2, 0.25) is 0 Å². The Labute approximate surface area is 124 Å². The van der Waals surface area contributed by atoms with Gasteiger partial charge < -0.3 is 14.7 Å². The number of nitrogens with zero attached hydrogens (tertiary/aromatic N) is 2. The Bertz CT molecular complexity index is 490. The second-order valence-electron chi connectivity index (χ2n) is 6.07. The van der Waals surface area contributed by atoms with Gasteiger partial charge in [0.25, 0.3) is 0 Å². The number of rotatable bonds is 1. The van der Waals surface area contributed by atoms with Crippen molar-refractivity contribution in [3.8, 4) is 0 Å².